The zero-order valence-corrected chi connectivity index (χ0v) is 21.8. The van der Waals surface area contributed by atoms with Gasteiger partial charge in [0.2, 0.25) is 11.7 Å². The third-order valence-corrected chi connectivity index (χ3v) is 6.87. The molecule has 2 aromatic heterocycles. The van der Waals surface area contributed by atoms with Gasteiger partial charge in [-0.15, -0.1) is 0 Å². The number of carbonyl (C=O) groups excluding carboxylic acids is 4. The lowest BCUT2D eigenvalue weighted by molar-refractivity contribution is -0.122. The number of nitrogens with one attached hydrogen (secondary N) is 2. The summed E-state index contributed by atoms with van der Waals surface area (Å²) in [5, 5.41) is 5.94. The number of furan rings is 1. The molecule has 0 bridgehead atoms. The van der Waals surface area contributed by atoms with Crippen LogP contribution in [0.25, 0.3) is 11.0 Å². The quantitative estimate of drug-likeness (QED) is 0.407. The van der Waals surface area contributed by atoms with Crippen LogP contribution in [0.5, 0.6) is 0 Å². The summed E-state index contributed by atoms with van der Waals surface area (Å²) in [5.74, 6) is -1.36. The predicted octanol–water partition coefficient (Wildman–Crippen LogP) is 4.05. The number of methoxy groups -OCH3 is 1. The number of fused-ring (bicyclic) bond motifs is 1. The summed E-state index contributed by atoms with van der Waals surface area (Å²) < 4.78 is 11.0. The predicted molar refractivity (Wildman–Crippen MR) is 142 cm³/mol. The van der Waals surface area contributed by atoms with Gasteiger partial charge in [-0.25, -0.2) is 4.98 Å². The van der Waals surface area contributed by atoms with Crippen molar-refractivity contribution in [2.75, 3.05) is 37.9 Å². The van der Waals surface area contributed by atoms with E-state index in [4.69, 9.17) is 9.15 Å². The number of anilines is 2. The number of pyridine rings is 1. The van der Waals surface area contributed by atoms with E-state index in [9.17, 15) is 19.2 Å². The molecule has 4 rings (SSSR count). The van der Waals surface area contributed by atoms with E-state index in [-0.39, 0.29) is 46.2 Å². The number of nitrogens with zero attached hydrogens (tertiary/aromatic N) is 2. The van der Waals surface area contributed by atoms with E-state index in [1.54, 1.807) is 44.6 Å². The number of amides is 3. The SMILES string of the molecule is COCCN(C)C(=O)c1cccc2oc(C(=O)Nc3ccc(C)cn3)c(NC(=O)C3CCC(C=O)CC3)c12. The molecule has 1 aromatic carbocycles. The van der Waals surface area contributed by atoms with E-state index >= 15 is 0 Å². The summed E-state index contributed by atoms with van der Waals surface area (Å²) in [6, 6.07) is 8.43. The van der Waals surface area contributed by atoms with Crippen LogP contribution in [0.4, 0.5) is 11.5 Å². The molecule has 1 saturated carbocycles. The highest BCUT2D eigenvalue weighted by Gasteiger charge is 2.31. The number of benzene rings is 1. The molecule has 200 valence electrons. The molecule has 0 radical (unpaired) electrons. The molecule has 0 saturated heterocycles. The minimum atomic E-state index is -0.608. The second-order valence-electron chi connectivity index (χ2n) is 9.62. The number of rotatable bonds is 9. The summed E-state index contributed by atoms with van der Waals surface area (Å²) in [5.41, 5.74) is 1.65. The molecule has 1 fully saturated rings. The van der Waals surface area contributed by atoms with Crippen molar-refractivity contribution in [3.63, 3.8) is 0 Å². The van der Waals surface area contributed by atoms with Crippen LogP contribution in [-0.4, -0.2) is 61.2 Å². The largest absolute Gasteiger partial charge is 0.449 e. The Morgan fingerprint density at radius 3 is 2.55 bits per heavy atom. The van der Waals surface area contributed by atoms with Crippen molar-refractivity contribution in [2.45, 2.75) is 32.6 Å². The minimum absolute atomic E-state index is 0.0379. The average molecular weight is 521 g/mol. The molecule has 0 atom stereocenters. The van der Waals surface area contributed by atoms with Gasteiger partial charge in [-0.1, -0.05) is 12.1 Å². The Morgan fingerprint density at radius 2 is 1.89 bits per heavy atom. The number of hydrogen-bond acceptors (Lipinski definition) is 7. The first-order chi connectivity index (χ1) is 18.3. The van der Waals surface area contributed by atoms with Gasteiger partial charge in [0.15, 0.2) is 0 Å². The van der Waals surface area contributed by atoms with Crippen LogP contribution in [0.2, 0.25) is 0 Å². The first-order valence-corrected chi connectivity index (χ1v) is 12.6. The number of ether oxygens (including phenoxy) is 1. The van der Waals surface area contributed by atoms with Gasteiger partial charge in [-0.2, -0.15) is 0 Å². The molecule has 3 aromatic rings. The number of carbonyl (C=O) groups is 4. The zero-order valence-electron chi connectivity index (χ0n) is 21.8. The van der Waals surface area contributed by atoms with Gasteiger partial charge in [-0.3, -0.25) is 14.4 Å². The lowest BCUT2D eigenvalue weighted by atomic mass is 9.82. The Kier molecular flexibility index (Phi) is 8.52. The highest BCUT2D eigenvalue weighted by Crippen LogP contribution is 2.36. The molecule has 0 spiro atoms. The molecule has 1 aliphatic carbocycles. The summed E-state index contributed by atoms with van der Waals surface area (Å²) in [4.78, 5) is 56.9. The standard InChI is InChI=1S/C28H32N4O6/c1-17-7-12-22(29-15-17)30-27(35)25-24(31-26(34)19-10-8-18(16-33)9-11-19)23-20(5-4-6-21(23)38-25)28(36)32(2)13-14-37-3/h4-7,12,15-16,18-19H,8-11,13-14H2,1-3H3,(H,31,34)(H,29,30,35). The van der Waals surface area contributed by atoms with Crippen LogP contribution >= 0.6 is 0 Å². The van der Waals surface area contributed by atoms with E-state index in [0.717, 1.165) is 11.8 Å². The second-order valence-corrected chi connectivity index (χ2v) is 9.62. The van der Waals surface area contributed by atoms with Crippen molar-refractivity contribution in [1.82, 2.24) is 9.88 Å². The maximum absolute atomic E-state index is 13.3. The Balaban J connectivity index is 1.72. The molecular formula is C28H32N4O6. The molecule has 2 N–H and O–H groups in total. The third kappa shape index (κ3) is 5.91. The van der Waals surface area contributed by atoms with E-state index in [0.29, 0.717) is 50.0 Å². The molecule has 10 heteroatoms. The molecule has 0 aliphatic heterocycles. The molecule has 2 heterocycles. The maximum atomic E-state index is 13.3. The van der Waals surface area contributed by atoms with E-state index in [1.807, 2.05) is 13.0 Å². The van der Waals surface area contributed by atoms with E-state index < -0.39 is 5.91 Å². The van der Waals surface area contributed by atoms with Crippen molar-refractivity contribution in [2.24, 2.45) is 11.8 Å². The average Bonchev–Trinajstić information content (AvgIpc) is 3.31. The highest BCUT2D eigenvalue weighted by molar-refractivity contribution is 6.19. The first-order valence-electron chi connectivity index (χ1n) is 12.6. The fraction of sp³-hybridized carbons (Fsp3) is 0.393. The van der Waals surface area contributed by atoms with Crippen LogP contribution in [-0.2, 0) is 14.3 Å². The fourth-order valence-electron chi connectivity index (χ4n) is 4.60. The smallest absolute Gasteiger partial charge is 0.294 e. The van der Waals surface area contributed by atoms with Crippen molar-refractivity contribution in [3.8, 4) is 0 Å². The van der Waals surface area contributed by atoms with Gasteiger partial charge in [-0.05, 0) is 56.4 Å². The van der Waals surface area contributed by atoms with Crippen LogP contribution in [0.3, 0.4) is 0 Å². The Bertz CT molecular complexity index is 1330. The van der Waals surface area contributed by atoms with Crippen molar-refractivity contribution in [3.05, 3.63) is 53.4 Å². The van der Waals surface area contributed by atoms with Gasteiger partial charge < -0.3 is 29.5 Å². The lowest BCUT2D eigenvalue weighted by Gasteiger charge is -2.24. The van der Waals surface area contributed by atoms with Gasteiger partial charge >= 0.3 is 0 Å². The Labute approximate surface area is 220 Å². The number of likely N-dealkylation sites (N-methyl/N-ethyl adjacent to an activating group) is 1. The van der Waals surface area contributed by atoms with Crippen molar-refractivity contribution < 1.29 is 28.3 Å². The van der Waals surface area contributed by atoms with Crippen LogP contribution in [0, 0.1) is 18.8 Å². The maximum Gasteiger partial charge on any atom is 0.294 e. The van der Waals surface area contributed by atoms with Gasteiger partial charge in [0.25, 0.3) is 11.8 Å². The van der Waals surface area contributed by atoms with Gasteiger partial charge in [0, 0.05) is 38.7 Å². The molecule has 1 aliphatic rings. The molecule has 3 amide bonds. The monoisotopic (exact) mass is 520 g/mol. The number of aryl methyl sites for hydroxylation is 1. The van der Waals surface area contributed by atoms with Crippen LogP contribution in [0.1, 0.15) is 52.2 Å². The Hall–Kier alpha value is -4.05. The van der Waals surface area contributed by atoms with Crippen molar-refractivity contribution in [1.29, 1.82) is 0 Å². The number of hydrogen-bond donors (Lipinski definition) is 2. The first kappa shape index (κ1) is 27.0. The normalized spacial score (nSPS) is 17.1. The molecule has 38 heavy (non-hydrogen) atoms. The highest BCUT2D eigenvalue weighted by atomic mass is 16.5. The molecular weight excluding hydrogens is 488 g/mol. The van der Waals surface area contributed by atoms with E-state index in [1.165, 1.54) is 4.90 Å². The van der Waals surface area contributed by atoms with Gasteiger partial charge in [0.1, 0.15) is 23.4 Å². The minimum Gasteiger partial charge on any atom is -0.449 e. The number of aromatic nitrogens is 1. The lowest BCUT2D eigenvalue weighted by Crippen LogP contribution is -2.30. The van der Waals surface area contributed by atoms with Crippen molar-refractivity contribution >= 4 is 46.5 Å². The molecule has 0 unspecified atom stereocenters. The summed E-state index contributed by atoms with van der Waals surface area (Å²) in [6.45, 7) is 2.60. The van der Waals surface area contributed by atoms with Crippen LogP contribution < -0.4 is 10.6 Å². The van der Waals surface area contributed by atoms with Crippen LogP contribution in [0.15, 0.2) is 40.9 Å². The number of aldehydes is 1. The summed E-state index contributed by atoms with van der Waals surface area (Å²) in [6.07, 6.45) is 4.95. The van der Waals surface area contributed by atoms with Gasteiger partial charge in [0.05, 0.1) is 17.6 Å². The summed E-state index contributed by atoms with van der Waals surface area (Å²) >= 11 is 0. The fourth-order valence-corrected chi connectivity index (χ4v) is 4.60. The zero-order chi connectivity index (χ0) is 27.2. The second kappa shape index (κ2) is 12.0. The summed E-state index contributed by atoms with van der Waals surface area (Å²) in [7, 11) is 3.21. The molecule has 10 nitrogen and oxygen atoms in total. The topological polar surface area (TPSA) is 131 Å². The Morgan fingerprint density at radius 1 is 1.13 bits per heavy atom. The van der Waals surface area contributed by atoms with E-state index in [2.05, 4.69) is 15.6 Å². The third-order valence-electron chi connectivity index (χ3n) is 6.87.